The van der Waals surface area contributed by atoms with Crippen molar-refractivity contribution >= 4 is 5.57 Å². The van der Waals surface area contributed by atoms with E-state index in [9.17, 15) is 0 Å². The third-order valence-corrected chi connectivity index (χ3v) is 4.38. The zero-order chi connectivity index (χ0) is 15.9. The average Bonchev–Trinajstić information content (AvgIpc) is 2.46. The van der Waals surface area contributed by atoms with Gasteiger partial charge in [-0.15, -0.1) is 18.1 Å². The Bertz CT molecular complexity index is 436. The van der Waals surface area contributed by atoms with Crippen LogP contribution in [0, 0.1) is 33.8 Å². The van der Waals surface area contributed by atoms with Gasteiger partial charge in [0.15, 0.2) is 0 Å². The summed E-state index contributed by atoms with van der Waals surface area (Å²) in [5.74, 6) is 0. The predicted octanol–water partition coefficient (Wildman–Crippen LogP) is 6.51. The van der Waals surface area contributed by atoms with Crippen LogP contribution in [0.2, 0.25) is 0 Å². The Morgan fingerprint density at radius 2 is 1.19 bits per heavy atom. The molecular formula is C20H33Y-. The first-order valence-corrected chi connectivity index (χ1v) is 7.97. The Labute approximate surface area is 158 Å². The minimum Gasteiger partial charge on any atom is -0.275 e. The maximum atomic E-state index is 3.27. The molecule has 1 aromatic carbocycles. The molecule has 0 unspecified atom stereocenters. The number of rotatable bonds is 3. The monoisotopic (exact) mass is 362 g/mol. The zero-order valence-electron chi connectivity index (χ0n) is 15.7. The largest absolute Gasteiger partial charge is 0.275 e. The summed E-state index contributed by atoms with van der Waals surface area (Å²) in [6.45, 7) is 19.7. The van der Waals surface area contributed by atoms with Crippen molar-refractivity contribution in [1.29, 1.82) is 0 Å². The van der Waals surface area contributed by atoms with Crippen LogP contribution in [0.1, 0.15) is 80.8 Å². The van der Waals surface area contributed by atoms with E-state index in [-0.39, 0.29) is 32.7 Å². The topological polar surface area (TPSA) is 0 Å². The number of hydrogen-bond acceptors (Lipinski definition) is 0. The number of allylic oxidation sites excluding steroid dienone is 2. The van der Waals surface area contributed by atoms with Gasteiger partial charge >= 0.3 is 0 Å². The minimum atomic E-state index is 0. The molecule has 0 saturated carbocycles. The second-order valence-electron chi connectivity index (χ2n) is 5.58. The van der Waals surface area contributed by atoms with Crippen LogP contribution in [-0.4, -0.2) is 0 Å². The van der Waals surface area contributed by atoms with Crippen LogP contribution >= 0.6 is 0 Å². The Kier molecular flexibility index (Phi) is 12.9. The molecule has 0 aliphatic heterocycles. The van der Waals surface area contributed by atoms with Gasteiger partial charge in [-0.25, -0.2) is 5.57 Å². The molecule has 117 valence electrons. The number of hydrogen-bond donors (Lipinski definition) is 0. The normalized spacial score (nSPS) is 10.6. The molecule has 1 heteroatoms. The van der Waals surface area contributed by atoms with Crippen LogP contribution < -0.4 is 0 Å². The summed E-state index contributed by atoms with van der Waals surface area (Å²) < 4.78 is 0. The first-order valence-electron chi connectivity index (χ1n) is 7.97. The van der Waals surface area contributed by atoms with Crippen molar-refractivity contribution in [1.82, 2.24) is 0 Å². The van der Waals surface area contributed by atoms with Gasteiger partial charge in [0.1, 0.15) is 0 Å². The summed E-state index contributed by atoms with van der Waals surface area (Å²) in [5, 5.41) is 0. The van der Waals surface area contributed by atoms with Gasteiger partial charge in [0.05, 0.1) is 0 Å². The molecule has 1 rings (SSSR count). The SMILES string of the molecule is CCCC.C[C-]=C(C)c1c(C)c(C)c(CC)c(C)c1C.[Y]. The summed E-state index contributed by atoms with van der Waals surface area (Å²) >= 11 is 0. The second-order valence-corrected chi connectivity index (χ2v) is 5.58. The molecule has 0 N–H and O–H groups in total. The molecule has 0 heterocycles. The maximum absolute atomic E-state index is 3.27. The third-order valence-electron chi connectivity index (χ3n) is 4.38. The maximum Gasteiger partial charge on any atom is 0 e. The number of unbranched alkanes of at least 4 members (excludes halogenated alkanes) is 1. The molecule has 0 aromatic heterocycles. The van der Waals surface area contributed by atoms with E-state index in [0.717, 1.165) is 6.42 Å². The molecule has 0 aliphatic rings. The fourth-order valence-electron chi connectivity index (χ4n) is 2.61. The van der Waals surface area contributed by atoms with Crippen molar-refractivity contribution in [2.24, 2.45) is 0 Å². The van der Waals surface area contributed by atoms with E-state index < -0.39 is 0 Å². The third kappa shape index (κ3) is 5.99. The van der Waals surface area contributed by atoms with Gasteiger partial charge in [-0.1, -0.05) is 65.5 Å². The van der Waals surface area contributed by atoms with Gasteiger partial charge in [-0.3, -0.25) is 6.08 Å². The first-order chi connectivity index (χ1) is 9.37. The van der Waals surface area contributed by atoms with Gasteiger partial charge < -0.3 is 0 Å². The Morgan fingerprint density at radius 1 is 0.810 bits per heavy atom. The van der Waals surface area contributed by atoms with Crippen molar-refractivity contribution in [3.05, 3.63) is 39.5 Å². The summed E-state index contributed by atoms with van der Waals surface area (Å²) in [7, 11) is 0. The Balaban J connectivity index is 0. The van der Waals surface area contributed by atoms with Gasteiger partial charge in [0.2, 0.25) is 0 Å². The average molecular weight is 362 g/mol. The molecule has 0 nitrogen and oxygen atoms in total. The van der Waals surface area contributed by atoms with E-state index in [1.54, 1.807) is 0 Å². The van der Waals surface area contributed by atoms with Gasteiger partial charge in [-0.2, -0.15) is 5.56 Å². The van der Waals surface area contributed by atoms with Gasteiger partial charge in [0, 0.05) is 32.7 Å². The van der Waals surface area contributed by atoms with Gasteiger partial charge in [0.25, 0.3) is 0 Å². The van der Waals surface area contributed by atoms with Crippen molar-refractivity contribution in [2.45, 2.75) is 81.6 Å². The molecule has 0 aliphatic carbocycles. The van der Waals surface area contributed by atoms with Crippen molar-refractivity contribution in [3.8, 4) is 0 Å². The smallest absolute Gasteiger partial charge is 0 e. The molecule has 0 amide bonds. The van der Waals surface area contributed by atoms with E-state index in [1.165, 1.54) is 51.8 Å². The van der Waals surface area contributed by atoms with Crippen LogP contribution in [0.5, 0.6) is 0 Å². The molecule has 0 saturated heterocycles. The molecule has 0 bridgehead atoms. The summed E-state index contributed by atoms with van der Waals surface area (Å²) in [6, 6.07) is 0. The summed E-state index contributed by atoms with van der Waals surface area (Å²) in [6.07, 6.45) is 7.03. The molecule has 1 radical (unpaired) electrons. The van der Waals surface area contributed by atoms with E-state index in [1.807, 2.05) is 6.92 Å². The van der Waals surface area contributed by atoms with Gasteiger partial charge in [-0.05, 0) is 25.8 Å². The van der Waals surface area contributed by atoms with E-state index in [4.69, 9.17) is 0 Å². The van der Waals surface area contributed by atoms with Crippen LogP contribution in [0.15, 0.2) is 0 Å². The second kappa shape index (κ2) is 11.6. The molecule has 1 aromatic rings. The molecule has 0 fully saturated rings. The standard InChI is InChI=1S/C16H23.C4H10.Y/c1-8-10(3)16-13(6)11(4)15(9-2)12(5)14(16)7;1-3-4-2;/h9H2,1-7H3;3-4H2,1-2H3;/q-1;;. The minimum absolute atomic E-state index is 0. The van der Waals surface area contributed by atoms with Crippen LogP contribution in [0.25, 0.3) is 5.57 Å². The van der Waals surface area contributed by atoms with Crippen molar-refractivity contribution in [3.63, 3.8) is 0 Å². The summed E-state index contributed by atoms with van der Waals surface area (Å²) in [5.41, 5.74) is 9.94. The fraction of sp³-hybridized carbons (Fsp3) is 0.600. The quantitative estimate of drug-likeness (QED) is 0.538. The molecule has 0 spiro atoms. The molecule has 21 heavy (non-hydrogen) atoms. The summed E-state index contributed by atoms with van der Waals surface area (Å²) in [4.78, 5) is 0. The molecular weight excluding hydrogens is 329 g/mol. The van der Waals surface area contributed by atoms with E-state index >= 15 is 0 Å². The van der Waals surface area contributed by atoms with E-state index in [0.29, 0.717) is 0 Å². The van der Waals surface area contributed by atoms with Crippen LogP contribution in [-0.2, 0) is 39.1 Å². The number of benzene rings is 1. The van der Waals surface area contributed by atoms with Crippen LogP contribution in [0.4, 0.5) is 0 Å². The van der Waals surface area contributed by atoms with Crippen molar-refractivity contribution in [2.75, 3.05) is 0 Å². The van der Waals surface area contributed by atoms with Crippen LogP contribution in [0.3, 0.4) is 0 Å². The predicted molar refractivity (Wildman–Crippen MR) is 93.3 cm³/mol. The Morgan fingerprint density at radius 3 is 1.43 bits per heavy atom. The van der Waals surface area contributed by atoms with E-state index in [2.05, 4.69) is 61.5 Å². The zero-order valence-corrected chi connectivity index (χ0v) is 18.5. The Hall–Kier alpha value is 0.0639. The fourth-order valence-corrected chi connectivity index (χ4v) is 2.61. The van der Waals surface area contributed by atoms with Crippen molar-refractivity contribution < 1.29 is 32.7 Å². The molecule has 0 atom stereocenters. The first kappa shape index (κ1) is 23.3.